The van der Waals surface area contributed by atoms with Gasteiger partial charge in [-0.25, -0.2) is 8.42 Å². The molecule has 10 heteroatoms. The molecule has 0 spiro atoms. The minimum Gasteiger partial charge on any atom is -0.258 e. The maximum absolute atomic E-state index is 12.7. The van der Waals surface area contributed by atoms with Crippen LogP contribution in [0.5, 0.6) is 0 Å². The van der Waals surface area contributed by atoms with Crippen LogP contribution in [0.25, 0.3) is 0 Å². The summed E-state index contributed by atoms with van der Waals surface area (Å²) in [6.45, 7) is 0.996. The van der Waals surface area contributed by atoms with E-state index in [0.717, 1.165) is 12.8 Å². The molecule has 2 aromatic rings. The SMILES string of the molecule is O=[N+]([O-])c1cc(C=Nc2cc(S(=O)(=O)N3CCCC3)ccc2Cl)ccc1Cl. The van der Waals surface area contributed by atoms with E-state index >= 15 is 0 Å². The van der Waals surface area contributed by atoms with Gasteiger partial charge in [0, 0.05) is 25.4 Å². The summed E-state index contributed by atoms with van der Waals surface area (Å²) in [5.41, 5.74) is 0.460. The maximum Gasteiger partial charge on any atom is 0.288 e. The highest BCUT2D eigenvalue weighted by atomic mass is 35.5. The molecule has 0 radical (unpaired) electrons. The van der Waals surface area contributed by atoms with Crippen LogP contribution < -0.4 is 0 Å². The average Bonchev–Trinajstić information content (AvgIpc) is 3.17. The Morgan fingerprint density at radius 2 is 1.74 bits per heavy atom. The molecule has 0 saturated carbocycles. The molecule has 2 aromatic carbocycles. The summed E-state index contributed by atoms with van der Waals surface area (Å²) < 4.78 is 26.8. The summed E-state index contributed by atoms with van der Waals surface area (Å²) in [5.74, 6) is 0. The molecule has 0 bridgehead atoms. The van der Waals surface area contributed by atoms with Gasteiger partial charge in [-0.1, -0.05) is 29.3 Å². The van der Waals surface area contributed by atoms with Gasteiger partial charge in [0.1, 0.15) is 5.02 Å². The number of halogens is 2. The predicted molar refractivity (Wildman–Crippen MR) is 105 cm³/mol. The maximum atomic E-state index is 12.7. The van der Waals surface area contributed by atoms with E-state index in [9.17, 15) is 18.5 Å². The Kier molecular flexibility index (Phi) is 5.81. The number of hydrogen-bond acceptors (Lipinski definition) is 5. The summed E-state index contributed by atoms with van der Waals surface area (Å²) in [4.78, 5) is 14.7. The van der Waals surface area contributed by atoms with E-state index < -0.39 is 14.9 Å². The molecule has 1 heterocycles. The summed E-state index contributed by atoms with van der Waals surface area (Å²) in [5, 5.41) is 11.3. The van der Waals surface area contributed by atoms with Gasteiger partial charge in [-0.15, -0.1) is 0 Å². The zero-order chi connectivity index (χ0) is 19.6. The van der Waals surface area contributed by atoms with Crippen LogP contribution in [-0.4, -0.2) is 37.0 Å². The highest BCUT2D eigenvalue weighted by Crippen LogP contribution is 2.31. The van der Waals surface area contributed by atoms with E-state index in [1.807, 2.05) is 0 Å². The fourth-order valence-corrected chi connectivity index (χ4v) is 4.61. The van der Waals surface area contributed by atoms with E-state index in [0.29, 0.717) is 18.7 Å². The molecule has 0 aromatic heterocycles. The van der Waals surface area contributed by atoms with Crippen LogP contribution in [0.3, 0.4) is 0 Å². The molecular weight excluding hydrogens is 413 g/mol. The summed E-state index contributed by atoms with van der Waals surface area (Å²) in [6.07, 6.45) is 3.05. The van der Waals surface area contributed by atoms with Crippen LogP contribution in [0.1, 0.15) is 18.4 Å². The fourth-order valence-electron chi connectivity index (χ4n) is 2.72. The molecule has 0 atom stereocenters. The van der Waals surface area contributed by atoms with Crippen molar-refractivity contribution in [3.8, 4) is 0 Å². The van der Waals surface area contributed by atoms with Crippen molar-refractivity contribution in [2.24, 2.45) is 4.99 Å². The van der Waals surface area contributed by atoms with E-state index in [2.05, 4.69) is 4.99 Å². The second-order valence-corrected chi connectivity index (χ2v) is 8.70. The number of benzene rings is 2. The predicted octanol–water partition coefficient (Wildman–Crippen LogP) is 4.44. The molecule has 1 fully saturated rings. The van der Waals surface area contributed by atoms with Gasteiger partial charge in [0.2, 0.25) is 10.0 Å². The Morgan fingerprint density at radius 3 is 2.41 bits per heavy atom. The zero-order valence-corrected chi connectivity index (χ0v) is 16.3. The Bertz CT molecular complexity index is 1020. The number of nitrogens with zero attached hydrogens (tertiary/aromatic N) is 3. The molecule has 142 valence electrons. The molecule has 27 heavy (non-hydrogen) atoms. The highest BCUT2D eigenvalue weighted by molar-refractivity contribution is 7.89. The Balaban J connectivity index is 1.92. The molecule has 7 nitrogen and oxygen atoms in total. The summed E-state index contributed by atoms with van der Waals surface area (Å²) >= 11 is 11.9. The number of rotatable bonds is 5. The van der Waals surface area contributed by atoms with Crippen LogP contribution >= 0.6 is 23.2 Å². The van der Waals surface area contributed by atoms with Gasteiger partial charge >= 0.3 is 0 Å². The van der Waals surface area contributed by atoms with Crippen molar-refractivity contribution in [2.75, 3.05) is 13.1 Å². The Hall–Kier alpha value is -2.00. The van der Waals surface area contributed by atoms with E-state index in [1.54, 1.807) is 6.07 Å². The van der Waals surface area contributed by atoms with Crippen molar-refractivity contribution in [3.05, 3.63) is 62.1 Å². The van der Waals surface area contributed by atoms with Crippen LogP contribution in [0, 0.1) is 10.1 Å². The third-order valence-electron chi connectivity index (χ3n) is 4.14. The van der Waals surface area contributed by atoms with Crippen LogP contribution in [0.15, 0.2) is 46.3 Å². The molecule has 1 aliphatic rings. The number of nitro benzene ring substituents is 1. The number of nitro groups is 1. The van der Waals surface area contributed by atoms with Gasteiger partial charge in [-0.2, -0.15) is 4.31 Å². The standard InChI is InChI=1S/C17H15Cl2N3O4S/c18-14-6-4-13(27(25,26)21-7-1-2-8-21)10-16(14)20-11-12-3-5-15(19)17(9-12)22(23)24/h3-6,9-11H,1-2,7-8H2. The van der Waals surface area contributed by atoms with Gasteiger partial charge in [0.05, 0.1) is 20.5 Å². The number of aliphatic imine (C=N–C) groups is 1. The minimum absolute atomic E-state index is 0.0221. The van der Waals surface area contributed by atoms with Crippen LogP contribution in [0.2, 0.25) is 10.0 Å². The lowest BCUT2D eigenvalue weighted by Gasteiger charge is -2.15. The van der Waals surface area contributed by atoms with Gasteiger partial charge in [0.25, 0.3) is 5.69 Å². The fraction of sp³-hybridized carbons (Fsp3) is 0.235. The third-order valence-corrected chi connectivity index (χ3v) is 6.67. The van der Waals surface area contributed by atoms with Gasteiger partial charge in [-0.3, -0.25) is 15.1 Å². The third kappa shape index (κ3) is 4.30. The number of sulfonamides is 1. The van der Waals surface area contributed by atoms with E-state index in [1.165, 1.54) is 40.9 Å². The first-order valence-electron chi connectivity index (χ1n) is 8.07. The van der Waals surface area contributed by atoms with Crippen molar-refractivity contribution in [2.45, 2.75) is 17.7 Å². The molecule has 0 amide bonds. The molecule has 0 aliphatic carbocycles. The molecule has 3 rings (SSSR count). The Morgan fingerprint density at radius 1 is 1.07 bits per heavy atom. The summed E-state index contributed by atoms with van der Waals surface area (Å²) in [6, 6.07) is 8.57. The lowest BCUT2D eigenvalue weighted by Crippen LogP contribution is -2.27. The molecule has 1 saturated heterocycles. The second kappa shape index (κ2) is 7.93. The van der Waals surface area contributed by atoms with Crippen molar-refractivity contribution in [1.82, 2.24) is 4.31 Å². The minimum atomic E-state index is -3.59. The molecule has 0 unspecified atom stereocenters. The highest BCUT2D eigenvalue weighted by Gasteiger charge is 2.27. The smallest absolute Gasteiger partial charge is 0.258 e. The van der Waals surface area contributed by atoms with Crippen molar-refractivity contribution in [3.63, 3.8) is 0 Å². The molecular formula is C17H15Cl2N3O4S. The first kappa shape index (κ1) is 19.8. The Labute approximate surface area is 166 Å². The van der Waals surface area contributed by atoms with Crippen LogP contribution in [-0.2, 0) is 10.0 Å². The van der Waals surface area contributed by atoms with Crippen molar-refractivity contribution >= 4 is 50.8 Å². The van der Waals surface area contributed by atoms with Gasteiger partial charge in [-0.05, 0) is 42.7 Å². The van der Waals surface area contributed by atoms with Crippen molar-refractivity contribution < 1.29 is 13.3 Å². The topological polar surface area (TPSA) is 92.9 Å². The summed E-state index contributed by atoms with van der Waals surface area (Å²) in [7, 11) is -3.59. The largest absolute Gasteiger partial charge is 0.288 e. The average molecular weight is 428 g/mol. The second-order valence-electron chi connectivity index (χ2n) is 5.95. The monoisotopic (exact) mass is 427 g/mol. The number of hydrogen-bond donors (Lipinski definition) is 0. The lowest BCUT2D eigenvalue weighted by molar-refractivity contribution is -0.384. The first-order chi connectivity index (χ1) is 12.8. The quantitative estimate of drug-likeness (QED) is 0.400. The van der Waals surface area contributed by atoms with E-state index in [4.69, 9.17) is 23.2 Å². The van der Waals surface area contributed by atoms with E-state index in [-0.39, 0.29) is 26.3 Å². The molecule has 1 aliphatic heterocycles. The lowest BCUT2D eigenvalue weighted by atomic mass is 10.2. The van der Waals surface area contributed by atoms with Gasteiger partial charge < -0.3 is 0 Å². The first-order valence-corrected chi connectivity index (χ1v) is 10.3. The zero-order valence-electron chi connectivity index (χ0n) is 14.0. The van der Waals surface area contributed by atoms with Gasteiger partial charge in [0.15, 0.2) is 0 Å². The normalized spacial score (nSPS) is 15.5. The van der Waals surface area contributed by atoms with Crippen molar-refractivity contribution in [1.29, 1.82) is 0 Å². The van der Waals surface area contributed by atoms with Crippen LogP contribution in [0.4, 0.5) is 11.4 Å². The molecule has 0 N–H and O–H groups in total.